The number of halogens is 2. The summed E-state index contributed by atoms with van der Waals surface area (Å²) < 4.78 is 17.4. The van der Waals surface area contributed by atoms with Gasteiger partial charge < -0.3 is 19.2 Å². The topological polar surface area (TPSA) is 73.4 Å². The van der Waals surface area contributed by atoms with Crippen LogP contribution in [-0.2, 0) is 0 Å². The first kappa shape index (κ1) is 25.7. The van der Waals surface area contributed by atoms with Gasteiger partial charge in [0.15, 0.2) is 0 Å². The van der Waals surface area contributed by atoms with E-state index in [-0.39, 0.29) is 18.0 Å². The third kappa shape index (κ3) is 7.27. The van der Waals surface area contributed by atoms with Crippen molar-refractivity contribution < 1.29 is 14.2 Å². The molecular weight excluding hydrogens is 475 g/mol. The fourth-order valence-corrected chi connectivity index (χ4v) is 3.61. The number of fused-ring (bicyclic) bond motifs is 2. The molecule has 34 heavy (non-hydrogen) atoms. The smallest absolute Gasteiger partial charge is 0.248 e. The number of unbranched alkanes of at least 4 members (excludes halogenated alkanes) is 2. The van der Waals surface area contributed by atoms with Gasteiger partial charge in [-0.25, -0.2) is 4.98 Å². The summed E-state index contributed by atoms with van der Waals surface area (Å²) in [5.41, 5.74) is 1.50. The van der Waals surface area contributed by atoms with Crippen molar-refractivity contribution in [2.45, 2.75) is 25.7 Å². The number of nitrogens with zero attached hydrogens (tertiary/aromatic N) is 1. The van der Waals surface area contributed by atoms with Crippen molar-refractivity contribution in [3.05, 3.63) is 71.0 Å². The Hall–Kier alpha value is -2.96. The molecule has 0 aliphatic carbocycles. The molecule has 0 aliphatic heterocycles. The normalized spacial score (nSPS) is 10.7. The molecule has 2 aromatic carbocycles. The van der Waals surface area contributed by atoms with Gasteiger partial charge in [0.25, 0.3) is 0 Å². The van der Waals surface area contributed by atoms with Crippen LogP contribution in [0.25, 0.3) is 21.8 Å². The summed E-state index contributed by atoms with van der Waals surface area (Å²) in [7, 11) is 0. The number of benzene rings is 2. The van der Waals surface area contributed by atoms with Crippen LogP contribution in [0.15, 0.2) is 65.5 Å². The molecule has 0 fully saturated rings. The predicted octanol–water partition coefficient (Wildman–Crippen LogP) is 6.13. The van der Waals surface area contributed by atoms with Gasteiger partial charge in [-0.05, 0) is 67.5 Å². The maximum Gasteiger partial charge on any atom is 0.248 e. The molecule has 0 atom stereocenters. The Kier molecular flexibility index (Phi) is 9.86. The Morgan fingerprint density at radius 3 is 2.12 bits per heavy atom. The summed E-state index contributed by atoms with van der Waals surface area (Å²) in [5, 5.41) is 2.02. The van der Waals surface area contributed by atoms with E-state index in [2.05, 4.69) is 9.97 Å². The molecular formula is C26H28Cl2N2O4. The van der Waals surface area contributed by atoms with Crippen LogP contribution in [0, 0.1) is 0 Å². The molecule has 0 saturated heterocycles. The summed E-state index contributed by atoms with van der Waals surface area (Å²) >= 11 is 5.70. The molecule has 0 unspecified atom stereocenters. The fraction of sp³-hybridized carbons (Fsp3) is 0.308. The SMILES string of the molecule is Cl.O=c1ccc2ccc(OCCCCOc3ccc4ccc(OCCCCCl)cc4n3)cc2[nH]1. The molecule has 0 bridgehead atoms. The van der Waals surface area contributed by atoms with Crippen molar-refractivity contribution in [3.8, 4) is 17.4 Å². The molecule has 0 aliphatic rings. The third-order valence-electron chi connectivity index (χ3n) is 5.19. The third-order valence-corrected chi connectivity index (χ3v) is 5.46. The van der Waals surface area contributed by atoms with Crippen LogP contribution in [0.4, 0.5) is 0 Å². The zero-order chi connectivity index (χ0) is 22.9. The molecule has 1 N–H and O–H groups in total. The highest BCUT2D eigenvalue weighted by Crippen LogP contribution is 2.22. The van der Waals surface area contributed by atoms with Crippen molar-refractivity contribution >= 4 is 45.8 Å². The lowest BCUT2D eigenvalue weighted by Crippen LogP contribution is -2.04. The largest absolute Gasteiger partial charge is 0.494 e. The van der Waals surface area contributed by atoms with Crippen molar-refractivity contribution in [1.29, 1.82) is 0 Å². The highest BCUT2D eigenvalue weighted by atomic mass is 35.5. The number of ether oxygens (including phenoxy) is 3. The van der Waals surface area contributed by atoms with Gasteiger partial charge in [0, 0.05) is 35.5 Å². The van der Waals surface area contributed by atoms with E-state index in [1.165, 1.54) is 6.07 Å². The van der Waals surface area contributed by atoms with Gasteiger partial charge in [-0.1, -0.05) is 0 Å². The first-order valence-electron chi connectivity index (χ1n) is 11.2. The summed E-state index contributed by atoms with van der Waals surface area (Å²) in [6, 6.07) is 18.8. The van der Waals surface area contributed by atoms with Crippen LogP contribution in [0.2, 0.25) is 0 Å². The number of hydrogen-bond acceptors (Lipinski definition) is 5. The zero-order valence-corrected chi connectivity index (χ0v) is 20.4. The van der Waals surface area contributed by atoms with Crippen molar-refractivity contribution in [3.63, 3.8) is 0 Å². The Labute approximate surface area is 209 Å². The fourth-order valence-electron chi connectivity index (χ4n) is 3.42. The first-order chi connectivity index (χ1) is 16.2. The number of rotatable bonds is 12. The second-order valence-electron chi connectivity index (χ2n) is 7.72. The summed E-state index contributed by atoms with van der Waals surface area (Å²) in [6.07, 6.45) is 3.56. The molecule has 0 spiro atoms. The Morgan fingerprint density at radius 1 is 0.735 bits per heavy atom. The van der Waals surface area contributed by atoms with Gasteiger partial charge >= 0.3 is 0 Å². The Morgan fingerprint density at radius 2 is 1.35 bits per heavy atom. The van der Waals surface area contributed by atoms with Crippen molar-refractivity contribution in [2.24, 2.45) is 0 Å². The summed E-state index contributed by atoms with van der Waals surface area (Å²) in [4.78, 5) is 18.9. The number of hydrogen-bond donors (Lipinski definition) is 1. The molecule has 4 rings (SSSR count). The van der Waals surface area contributed by atoms with Crippen LogP contribution in [0.5, 0.6) is 17.4 Å². The quantitative estimate of drug-likeness (QED) is 0.186. The zero-order valence-electron chi connectivity index (χ0n) is 18.8. The van der Waals surface area contributed by atoms with Gasteiger partial charge in [-0.15, -0.1) is 24.0 Å². The van der Waals surface area contributed by atoms with Crippen LogP contribution in [-0.4, -0.2) is 35.7 Å². The lowest BCUT2D eigenvalue weighted by atomic mass is 10.2. The highest BCUT2D eigenvalue weighted by Gasteiger charge is 2.03. The van der Waals surface area contributed by atoms with E-state index in [4.69, 9.17) is 25.8 Å². The van der Waals surface area contributed by atoms with Gasteiger partial charge in [0.2, 0.25) is 11.4 Å². The average Bonchev–Trinajstić information content (AvgIpc) is 2.83. The second kappa shape index (κ2) is 13.1. The van der Waals surface area contributed by atoms with Crippen LogP contribution < -0.4 is 19.8 Å². The van der Waals surface area contributed by atoms with E-state index >= 15 is 0 Å². The number of nitrogens with one attached hydrogen (secondary N) is 1. The van der Waals surface area contributed by atoms with Gasteiger partial charge in [0.05, 0.1) is 30.9 Å². The number of aromatic nitrogens is 2. The van der Waals surface area contributed by atoms with Gasteiger partial charge in [-0.3, -0.25) is 4.79 Å². The van der Waals surface area contributed by atoms with Gasteiger partial charge in [0.1, 0.15) is 11.5 Å². The van der Waals surface area contributed by atoms with E-state index in [9.17, 15) is 4.79 Å². The molecule has 0 radical (unpaired) electrons. The minimum absolute atomic E-state index is 0. The Bertz CT molecular complexity index is 1260. The number of H-pyrrole nitrogens is 1. The number of alkyl halides is 1. The maximum atomic E-state index is 11.5. The van der Waals surface area contributed by atoms with Gasteiger partial charge in [-0.2, -0.15) is 0 Å². The van der Waals surface area contributed by atoms with Crippen LogP contribution in [0.3, 0.4) is 0 Å². The van der Waals surface area contributed by atoms with E-state index in [1.54, 1.807) is 6.07 Å². The molecule has 2 heterocycles. The Balaban J connectivity index is 0.00000324. The minimum atomic E-state index is -0.120. The molecule has 180 valence electrons. The lowest BCUT2D eigenvalue weighted by molar-refractivity contribution is 0.262. The molecule has 2 aromatic heterocycles. The number of aromatic amines is 1. The molecule has 0 amide bonds. The van der Waals surface area contributed by atoms with E-state index < -0.39 is 0 Å². The average molecular weight is 503 g/mol. The summed E-state index contributed by atoms with van der Waals surface area (Å²) in [5.74, 6) is 2.79. The minimum Gasteiger partial charge on any atom is -0.494 e. The standard InChI is InChI=1S/C26H27ClN2O4.ClH/c27-13-1-2-14-31-22-10-6-20-8-12-26(29-24(20)18-22)33-16-4-3-15-32-21-9-5-19-7-11-25(30)28-23(19)17-21;/h5-12,17-18H,1-4,13-16H2,(H,28,30);1H. The van der Waals surface area contributed by atoms with E-state index in [0.29, 0.717) is 31.6 Å². The predicted molar refractivity (Wildman–Crippen MR) is 139 cm³/mol. The summed E-state index contributed by atoms with van der Waals surface area (Å²) in [6.45, 7) is 1.77. The van der Waals surface area contributed by atoms with Crippen molar-refractivity contribution in [2.75, 3.05) is 25.7 Å². The molecule has 8 heteroatoms. The van der Waals surface area contributed by atoms with E-state index in [0.717, 1.165) is 59.0 Å². The first-order valence-corrected chi connectivity index (χ1v) is 11.7. The van der Waals surface area contributed by atoms with E-state index in [1.807, 2.05) is 48.5 Å². The lowest BCUT2D eigenvalue weighted by Gasteiger charge is -2.09. The molecule has 4 aromatic rings. The molecule has 0 saturated carbocycles. The van der Waals surface area contributed by atoms with Crippen molar-refractivity contribution in [1.82, 2.24) is 9.97 Å². The molecule has 6 nitrogen and oxygen atoms in total. The number of pyridine rings is 2. The highest BCUT2D eigenvalue weighted by molar-refractivity contribution is 6.17. The second-order valence-corrected chi connectivity index (χ2v) is 8.10. The van der Waals surface area contributed by atoms with Crippen LogP contribution >= 0.6 is 24.0 Å². The maximum absolute atomic E-state index is 11.5. The monoisotopic (exact) mass is 502 g/mol. The van der Waals surface area contributed by atoms with Crippen LogP contribution in [0.1, 0.15) is 25.7 Å².